The highest BCUT2D eigenvalue weighted by molar-refractivity contribution is 6.06. The van der Waals surface area contributed by atoms with Gasteiger partial charge in [-0.05, 0) is 48.7 Å². The minimum atomic E-state index is 0.0211. The first kappa shape index (κ1) is 16.9. The average Bonchev–Trinajstić information content (AvgIpc) is 2.59. The molecule has 1 N–H and O–H groups in total. The third-order valence-electron chi connectivity index (χ3n) is 4.70. The van der Waals surface area contributed by atoms with Crippen LogP contribution in [0.1, 0.15) is 37.0 Å². The van der Waals surface area contributed by atoms with Crippen LogP contribution in [0.25, 0.3) is 10.8 Å². The predicted octanol–water partition coefficient (Wildman–Crippen LogP) is 3.33. The van der Waals surface area contributed by atoms with Crippen molar-refractivity contribution < 1.29 is 4.79 Å². The van der Waals surface area contributed by atoms with Gasteiger partial charge in [0.15, 0.2) is 0 Å². The van der Waals surface area contributed by atoms with Crippen molar-refractivity contribution in [3.05, 3.63) is 42.2 Å². The van der Waals surface area contributed by atoms with E-state index in [-0.39, 0.29) is 5.91 Å². The topological polar surface area (TPSA) is 45.2 Å². The third kappa shape index (κ3) is 4.12. The van der Waals surface area contributed by atoms with Crippen LogP contribution < -0.4 is 5.32 Å². The quantitative estimate of drug-likeness (QED) is 0.917. The number of hydrogen-bond acceptors (Lipinski definition) is 3. The van der Waals surface area contributed by atoms with Crippen LogP contribution in [0.4, 0.5) is 0 Å². The molecule has 0 radical (unpaired) electrons. The number of rotatable bonds is 5. The maximum Gasteiger partial charge on any atom is 0.251 e. The number of nitrogens with zero attached hydrogens (tertiary/aromatic N) is 2. The zero-order valence-corrected chi connectivity index (χ0v) is 14.7. The van der Waals surface area contributed by atoms with E-state index < -0.39 is 0 Å². The van der Waals surface area contributed by atoms with Crippen LogP contribution in [0.5, 0.6) is 0 Å². The highest BCUT2D eigenvalue weighted by Gasteiger charge is 2.21. The number of amides is 1. The lowest BCUT2D eigenvalue weighted by Crippen LogP contribution is -2.42. The van der Waals surface area contributed by atoms with Gasteiger partial charge in [0, 0.05) is 43.0 Å². The highest BCUT2D eigenvalue weighted by Crippen LogP contribution is 2.19. The molecule has 0 saturated carbocycles. The second-order valence-electron chi connectivity index (χ2n) is 7.27. The van der Waals surface area contributed by atoms with E-state index in [1.165, 1.54) is 19.4 Å². The van der Waals surface area contributed by atoms with Gasteiger partial charge in [0.1, 0.15) is 0 Å². The van der Waals surface area contributed by atoms with Crippen LogP contribution in [-0.4, -0.2) is 42.0 Å². The summed E-state index contributed by atoms with van der Waals surface area (Å²) in [6, 6.07) is 7.72. The molecule has 3 rings (SSSR count). The Balaban J connectivity index is 1.61. The van der Waals surface area contributed by atoms with Gasteiger partial charge in [0.2, 0.25) is 0 Å². The monoisotopic (exact) mass is 325 g/mol. The molecule has 1 aliphatic heterocycles. The normalized spacial score (nSPS) is 18.9. The summed E-state index contributed by atoms with van der Waals surface area (Å²) in [6.07, 6.45) is 5.97. The van der Waals surface area contributed by atoms with Gasteiger partial charge < -0.3 is 10.2 Å². The minimum absolute atomic E-state index is 0.0211. The second-order valence-corrected chi connectivity index (χ2v) is 7.27. The van der Waals surface area contributed by atoms with Gasteiger partial charge in [-0.2, -0.15) is 0 Å². The molecule has 1 fully saturated rings. The Hall–Kier alpha value is -1.94. The van der Waals surface area contributed by atoms with Crippen molar-refractivity contribution in [1.29, 1.82) is 0 Å². The summed E-state index contributed by atoms with van der Waals surface area (Å²) in [7, 11) is 0. The summed E-state index contributed by atoms with van der Waals surface area (Å²) in [4.78, 5) is 19.3. The molecule has 0 spiro atoms. The molecule has 1 saturated heterocycles. The maximum absolute atomic E-state index is 12.6. The molecule has 0 aliphatic carbocycles. The van der Waals surface area contributed by atoms with Gasteiger partial charge in [-0.25, -0.2) is 0 Å². The number of carbonyl (C=O) groups excluding carboxylic acids is 1. The zero-order valence-electron chi connectivity index (χ0n) is 14.7. The lowest BCUT2D eigenvalue weighted by Gasteiger charge is -2.33. The highest BCUT2D eigenvalue weighted by atomic mass is 16.1. The molecule has 0 bridgehead atoms. The molecular formula is C20H27N3O. The first-order valence-corrected chi connectivity index (χ1v) is 8.97. The number of likely N-dealkylation sites (tertiary alicyclic amines) is 1. The summed E-state index contributed by atoms with van der Waals surface area (Å²) >= 11 is 0. The molecule has 0 unspecified atom stereocenters. The molecule has 1 atom stereocenters. The Labute approximate surface area is 144 Å². The molecule has 1 aromatic carbocycles. The fourth-order valence-corrected chi connectivity index (χ4v) is 3.65. The Morgan fingerprint density at radius 1 is 1.38 bits per heavy atom. The summed E-state index contributed by atoms with van der Waals surface area (Å²) in [6.45, 7) is 8.73. The molecule has 2 aromatic rings. The van der Waals surface area contributed by atoms with Crippen molar-refractivity contribution in [2.45, 2.75) is 26.7 Å². The summed E-state index contributed by atoms with van der Waals surface area (Å²) in [5.74, 6) is 1.27. The van der Waals surface area contributed by atoms with Crippen molar-refractivity contribution >= 4 is 16.7 Å². The summed E-state index contributed by atoms with van der Waals surface area (Å²) in [5.41, 5.74) is 0.741. The Kier molecular flexibility index (Phi) is 5.46. The van der Waals surface area contributed by atoms with E-state index in [1.807, 2.05) is 24.3 Å². The first-order valence-electron chi connectivity index (χ1n) is 8.97. The number of fused-ring (bicyclic) bond motifs is 1. The molecule has 2 heterocycles. The second kappa shape index (κ2) is 7.75. The largest absolute Gasteiger partial charge is 0.352 e. The lowest BCUT2D eigenvalue weighted by molar-refractivity contribution is 0.0931. The van der Waals surface area contributed by atoms with Gasteiger partial charge >= 0.3 is 0 Å². The Morgan fingerprint density at radius 3 is 3.08 bits per heavy atom. The van der Waals surface area contributed by atoms with E-state index in [0.717, 1.165) is 36.0 Å². The van der Waals surface area contributed by atoms with Crippen LogP contribution in [0.3, 0.4) is 0 Å². The van der Waals surface area contributed by atoms with Crippen LogP contribution in [0.15, 0.2) is 36.7 Å². The average molecular weight is 325 g/mol. The summed E-state index contributed by atoms with van der Waals surface area (Å²) < 4.78 is 0. The number of benzene rings is 1. The third-order valence-corrected chi connectivity index (χ3v) is 4.70. The van der Waals surface area contributed by atoms with Crippen molar-refractivity contribution in [2.24, 2.45) is 11.8 Å². The van der Waals surface area contributed by atoms with Crippen molar-refractivity contribution in [3.63, 3.8) is 0 Å². The van der Waals surface area contributed by atoms with E-state index in [9.17, 15) is 4.79 Å². The van der Waals surface area contributed by atoms with Crippen LogP contribution in [-0.2, 0) is 0 Å². The van der Waals surface area contributed by atoms with Crippen LogP contribution in [0.2, 0.25) is 0 Å². The van der Waals surface area contributed by atoms with Gasteiger partial charge in [0.25, 0.3) is 5.91 Å². The fourth-order valence-electron chi connectivity index (χ4n) is 3.65. The van der Waals surface area contributed by atoms with E-state index in [4.69, 9.17) is 0 Å². The zero-order chi connectivity index (χ0) is 16.9. The van der Waals surface area contributed by atoms with E-state index in [0.29, 0.717) is 11.8 Å². The molecule has 128 valence electrons. The van der Waals surface area contributed by atoms with E-state index in [2.05, 4.69) is 29.0 Å². The number of hydrogen-bond donors (Lipinski definition) is 1. The molecule has 1 aromatic heterocycles. The number of pyridine rings is 1. The summed E-state index contributed by atoms with van der Waals surface area (Å²) in [5, 5.41) is 5.12. The molecule has 24 heavy (non-hydrogen) atoms. The van der Waals surface area contributed by atoms with Gasteiger partial charge in [0.05, 0.1) is 0 Å². The number of nitrogens with one attached hydrogen (secondary N) is 1. The Bertz CT molecular complexity index is 693. The van der Waals surface area contributed by atoms with E-state index in [1.54, 1.807) is 12.4 Å². The van der Waals surface area contributed by atoms with Gasteiger partial charge in [-0.3, -0.25) is 9.78 Å². The van der Waals surface area contributed by atoms with Crippen molar-refractivity contribution in [2.75, 3.05) is 26.2 Å². The predicted molar refractivity (Wildman–Crippen MR) is 98.1 cm³/mol. The fraction of sp³-hybridized carbons (Fsp3) is 0.500. The molecule has 4 nitrogen and oxygen atoms in total. The lowest BCUT2D eigenvalue weighted by atomic mass is 9.97. The molecule has 1 aliphatic rings. The SMILES string of the molecule is CC(C)CN1CCC[C@H](CNC(=O)c2cccc3cnccc23)C1. The minimum Gasteiger partial charge on any atom is -0.352 e. The number of aromatic nitrogens is 1. The standard InChI is InChI=1S/C20H27N3O/c1-15(2)13-23-10-4-5-16(14-23)11-22-20(24)19-7-3-6-17-12-21-9-8-18(17)19/h3,6-9,12,15-16H,4-5,10-11,13-14H2,1-2H3,(H,22,24)/t16-/m1/s1. The number of carbonyl (C=O) groups is 1. The Morgan fingerprint density at radius 2 is 2.25 bits per heavy atom. The van der Waals surface area contributed by atoms with Gasteiger partial charge in [-0.1, -0.05) is 26.0 Å². The van der Waals surface area contributed by atoms with Crippen LogP contribution >= 0.6 is 0 Å². The first-order chi connectivity index (χ1) is 11.6. The van der Waals surface area contributed by atoms with Crippen LogP contribution in [0, 0.1) is 11.8 Å². The molecule has 4 heteroatoms. The van der Waals surface area contributed by atoms with Crippen molar-refractivity contribution in [3.8, 4) is 0 Å². The van der Waals surface area contributed by atoms with Gasteiger partial charge in [-0.15, -0.1) is 0 Å². The number of piperidine rings is 1. The smallest absolute Gasteiger partial charge is 0.251 e. The molecular weight excluding hydrogens is 298 g/mol. The van der Waals surface area contributed by atoms with Crippen molar-refractivity contribution in [1.82, 2.24) is 15.2 Å². The van der Waals surface area contributed by atoms with E-state index >= 15 is 0 Å². The molecule has 1 amide bonds. The maximum atomic E-state index is 12.6.